The number of hydrogen-bond acceptors (Lipinski definition) is 9. The summed E-state index contributed by atoms with van der Waals surface area (Å²) in [7, 11) is -3.47. The van der Waals surface area contributed by atoms with Crippen molar-refractivity contribution in [3.63, 3.8) is 0 Å². The predicted octanol–water partition coefficient (Wildman–Crippen LogP) is 8.29. The van der Waals surface area contributed by atoms with Gasteiger partial charge in [-0.05, 0) is 103 Å². The maximum atomic E-state index is 13.5. The third-order valence-electron chi connectivity index (χ3n) is 10.3. The predicted molar refractivity (Wildman–Crippen MR) is 219 cm³/mol. The van der Waals surface area contributed by atoms with Crippen LogP contribution in [-0.2, 0) is 34.2 Å². The molecule has 0 spiro atoms. The first-order valence-corrected chi connectivity index (χ1v) is 21.5. The Morgan fingerprint density at radius 2 is 1.81 bits per heavy atom. The van der Waals surface area contributed by atoms with Gasteiger partial charge in [-0.15, -0.1) is 0 Å². The quantitative estimate of drug-likeness (QED) is 0.0829. The molecule has 4 aromatic carbocycles. The molecule has 1 aliphatic heterocycles. The van der Waals surface area contributed by atoms with E-state index >= 15 is 0 Å². The van der Waals surface area contributed by atoms with E-state index in [1.54, 1.807) is 24.3 Å². The van der Waals surface area contributed by atoms with Gasteiger partial charge in [0, 0.05) is 49.6 Å². The monoisotopic (exact) mass is 812 g/mol. The Labute approximate surface area is 339 Å². The van der Waals surface area contributed by atoms with Gasteiger partial charge in [-0.1, -0.05) is 41.9 Å². The van der Waals surface area contributed by atoms with Gasteiger partial charge >= 0.3 is 0 Å². The van der Waals surface area contributed by atoms with Crippen LogP contribution in [0.3, 0.4) is 0 Å². The summed E-state index contributed by atoms with van der Waals surface area (Å²) in [6, 6.07) is 22.7. The van der Waals surface area contributed by atoms with Gasteiger partial charge in [-0.2, -0.15) is 5.26 Å². The lowest BCUT2D eigenvalue weighted by Gasteiger charge is -2.28. The molecule has 1 aliphatic carbocycles. The number of hydrogen-bond donors (Lipinski definition) is 1. The molecule has 13 heteroatoms. The average molecular weight is 813 g/mol. The van der Waals surface area contributed by atoms with Crippen molar-refractivity contribution < 1.29 is 31.8 Å². The molecule has 1 N–H and O–H groups in total. The van der Waals surface area contributed by atoms with Gasteiger partial charge in [0.05, 0.1) is 30.8 Å². The number of ketones is 1. The lowest BCUT2D eigenvalue weighted by molar-refractivity contribution is -0.115. The third kappa shape index (κ3) is 11.1. The van der Waals surface area contributed by atoms with Crippen molar-refractivity contribution in [1.82, 2.24) is 10.2 Å². The van der Waals surface area contributed by atoms with Crippen molar-refractivity contribution in [3.8, 4) is 34.4 Å². The molecular formula is C44H46ClFN4O6S. The Morgan fingerprint density at radius 1 is 1.04 bits per heavy atom. The van der Waals surface area contributed by atoms with Gasteiger partial charge in [-0.3, -0.25) is 4.79 Å². The van der Waals surface area contributed by atoms with Gasteiger partial charge in [0.2, 0.25) is 0 Å². The molecule has 2 aliphatic rings. The van der Waals surface area contributed by atoms with Crippen LogP contribution < -0.4 is 19.5 Å². The highest BCUT2D eigenvalue weighted by Gasteiger charge is 2.28. The molecule has 0 aromatic heterocycles. The number of fused-ring (bicyclic) bond motifs is 1. The Balaban J connectivity index is 1.19. The van der Waals surface area contributed by atoms with Gasteiger partial charge < -0.3 is 24.4 Å². The smallest absolute Gasteiger partial charge is 0.188 e. The molecule has 0 amide bonds. The molecular weight excluding hydrogens is 767 g/mol. The number of nitrogens with zero attached hydrogens (tertiary/aromatic N) is 3. The number of likely N-dealkylation sites (tertiary alicyclic amines) is 1. The summed E-state index contributed by atoms with van der Waals surface area (Å²) in [6.45, 7) is 12.6. The summed E-state index contributed by atoms with van der Waals surface area (Å²) in [5.74, 6) is 0.620. The van der Waals surface area contributed by atoms with Crippen LogP contribution in [0.2, 0.25) is 5.02 Å². The molecule has 57 heavy (non-hydrogen) atoms. The second-order valence-corrected chi connectivity index (χ2v) is 17.2. The van der Waals surface area contributed by atoms with Crippen LogP contribution in [0, 0.1) is 24.8 Å². The molecule has 1 saturated heterocycles. The molecule has 1 atom stereocenters. The Bertz CT molecular complexity index is 2270. The first kappa shape index (κ1) is 41.6. The number of nitriles is 1. The van der Waals surface area contributed by atoms with E-state index in [1.165, 1.54) is 11.6 Å². The molecule has 10 nitrogen and oxygen atoms in total. The van der Waals surface area contributed by atoms with Crippen LogP contribution >= 0.6 is 11.6 Å². The summed E-state index contributed by atoms with van der Waals surface area (Å²) in [4.78, 5) is 18.0. The molecule has 0 saturated carbocycles. The Kier molecular flexibility index (Phi) is 13.9. The molecule has 298 valence electrons. The van der Waals surface area contributed by atoms with Crippen LogP contribution in [0.25, 0.3) is 16.0 Å². The minimum absolute atomic E-state index is 0.0379. The molecule has 0 unspecified atom stereocenters. The number of rotatable bonds is 17. The number of carbonyl (C=O) groups is 1. The van der Waals surface area contributed by atoms with E-state index in [2.05, 4.69) is 46.3 Å². The van der Waals surface area contributed by atoms with Gasteiger partial charge in [-0.25, -0.2) is 17.7 Å². The van der Waals surface area contributed by atoms with Crippen molar-refractivity contribution in [1.29, 1.82) is 5.26 Å². The fourth-order valence-electron chi connectivity index (χ4n) is 7.47. The van der Waals surface area contributed by atoms with Crippen LogP contribution in [0.15, 0.2) is 66.7 Å². The highest BCUT2D eigenvalue weighted by molar-refractivity contribution is 7.91. The minimum Gasteiger partial charge on any atom is -0.493 e. The second-order valence-electron chi connectivity index (χ2n) is 14.7. The fraction of sp³-hybridized carbons (Fsp3) is 0.386. The highest BCUT2D eigenvalue weighted by atomic mass is 35.5. The summed E-state index contributed by atoms with van der Waals surface area (Å²) in [5.41, 5.74) is 7.41. The standard InChI is InChI=1S/C44H46ClFN4O6S/c1-29-36(7-5-10-41(29)54-18-6-15-50-16-13-33(46)14-17-50)37-8-4-9-39-38(37)11-12-42(39)56-44-23-43(55-27-31-19-30(24-47)20-34(21-31)48-2)32(22-40(44)45)25-49-26-35(51)28-57(3,52)53/h4-5,7-10,19-23,33,42,49H,6,11-18,25-28H2,1,3H3/t42-/m0/s1. The summed E-state index contributed by atoms with van der Waals surface area (Å²) in [6.07, 6.45) is 3.64. The van der Waals surface area contributed by atoms with Crippen LogP contribution in [0.4, 0.5) is 10.1 Å². The summed E-state index contributed by atoms with van der Waals surface area (Å²) < 4.78 is 55.9. The zero-order chi connectivity index (χ0) is 40.5. The first-order chi connectivity index (χ1) is 27.4. The molecule has 0 radical (unpaired) electrons. The number of nitrogens with one attached hydrogen (secondary N) is 1. The molecule has 1 heterocycles. The number of benzene rings is 4. The number of ether oxygens (including phenoxy) is 3. The minimum atomic E-state index is -3.47. The highest BCUT2D eigenvalue weighted by Crippen LogP contribution is 2.44. The van der Waals surface area contributed by atoms with Gasteiger partial charge in [0.25, 0.3) is 0 Å². The summed E-state index contributed by atoms with van der Waals surface area (Å²) >= 11 is 6.84. The van der Waals surface area contributed by atoms with Crippen molar-refractivity contribution in [3.05, 3.63) is 117 Å². The molecule has 0 bridgehead atoms. The average Bonchev–Trinajstić information content (AvgIpc) is 3.60. The van der Waals surface area contributed by atoms with E-state index in [4.69, 9.17) is 32.4 Å². The first-order valence-electron chi connectivity index (χ1n) is 19.0. The van der Waals surface area contributed by atoms with E-state index in [-0.39, 0.29) is 25.8 Å². The van der Waals surface area contributed by atoms with Crippen LogP contribution in [0.1, 0.15) is 65.2 Å². The molecule has 4 aromatic rings. The Hall–Kier alpha value is -4.98. The van der Waals surface area contributed by atoms with Crippen molar-refractivity contribution in [2.24, 2.45) is 0 Å². The number of sulfone groups is 1. The topological polar surface area (TPSA) is 122 Å². The number of Topliss-reactive ketones (excluding diaryl/α,β-unsaturated/α-hetero) is 1. The van der Waals surface area contributed by atoms with Crippen molar-refractivity contribution >= 4 is 32.9 Å². The van der Waals surface area contributed by atoms with Crippen LogP contribution in [-0.4, -0.2) is 70.1 Å². The zero-order valence-electron chi connectivity index (χ0n) is 32.2. The van der Waals surface area contributed by atoms with E-state index in [1.807, 2.05) is 18.2 Å². The van der Waals surface area contributed by atoms with Crippen LogP contribution in [0.5, 0.6) is 17.2 Å². The molecule has 6 rings (SSSR count). The van der Waals surface area contributed by atoms with E-state index in [9.17, 15) is 22.9 Å². The lowest BCUT2D eigenvalue weighted by atomic mass is 9.93. The number of carbonyl (C=O) groups excluding carboxylic acids is 1. The molecule has 1 fully saturated rings. The second kappa shape index (κ2) is 19.0. The van der Waals surface area contributed by atoms with E-state index in [0.29, 0.717) is 58.3 Å². The SMILES string of the molecule is [C-]#[N+]c1cc(C#N)cc(COc2cc(O[C@H]3CCc4c(-c5cccc(OCCCN6CCC(F)CC6)c5C)cccc43)c(Cl)cc2CNCC(=O)CS(C)(=O)=O)c1. The number of alkyl halides is 1. The Morgan fingerprint density at radius 3 is 2.56 bits per heavy atom. The van der Waals surface area contributed by atoms with E-state index < -0.39 is 27.5 Å². The number of piperidine rings is 1. The van der Waals surface area contributed by atoms with Gasteiger partial charge in [0.15, 0.2) is 21.3 Å². The lowest BCUT2D eigenvalue weighted by Crippen LogP contribution is -2.35. The normalized spacial score (nSPS) is 15.7. The third-order valence-corrected chi connectivity index (χ3v) is 11.4. The summed E-state index contributed by atoms with van der Waals surface area (Å²) in [5, 5.41) is 12.8. The van der Waals surface area contributed by atoms with Crippen molar-refractivity contribution in [2.45, 2.75) is 64.5 Å². The maximum Gasteiger partial charge on any atom is 0.188 e. The zero-order valence-corrected chi connectivity index (χ0v) is 33.7. The largest absolute Gasteiger partial charge is 0.493 e. The number of halogens is 2. The maximum absolute atomic E-state index is 13.5. The van der Waals surface area contributed by atoms with Gasteiger partial charge in [0.1, 0.15) is 41.9 Å². The van der Waals surface area contributed by atoms with E-state index in [0.717, 1.165) is 73.2 Å². The fourth-order valence-corrected chi connectivity index (χ4v) is 8.39. The van der Waals surface area contributed by atoms with Crippen molar-refractivity contribution in [2.75, 3.05) is 44.8 Å².